The first kappa shape index (κ1) is 19.1. The Bertz CT molecular complexity index is 1540. The summed E-state index contributed by atoms with van der Waals surface area (Å²) < 4.78 is 6.16. The summed E-state index contributed by atoms with van der Waals surface area (Å²) in [4.78, 5) is 13.4. The van der Waals surface area contributed by atoms with E-state index in [2.05, 4.69) is 78.9 Å². The number of amides is 2. The monoisotopic (exact) mass is 420 g/mol. The Kier molecular flexibility index (Phi) is 4.14. The van der Waals surface area contributed by atoms with E-state index in [0.717, 1.165) is 5.56 Å². The van der Waals surface area contributed by atoms with Gasteiger partial charge in [0, 0.05) is 6.54 Å². The van der Waals surface area contributed by atoms with Crippen molar-refractivity contribution in [2.24, 2.45) is 5.73 Å². The predicted molar refractivity (Wildman–Crippen MR) is 131 cm³/mol. The zero-order chi connectivity index (χ0) is 21.9. The van der Waals surface area contributed by atoms with Crippen molar-refractivity contribution in [3.8, 4) is 0 Å². The number of rotatable bonds is 1. The van der Waals surface area contributed by atoms with E-state index in [9.17, 15) is 4.79 Å². The number of ether oxygens (including phenoxy) is 1. The molecule has 0 aromatic heterocycles. The fraction of sp³-hybridized carbons (Fsp3) is 0.179. The Morgan fingerprint density at radius 3 is 2.16 bits per heavy atom. The van der Waals surface area contributed by atoms with Gasteiger partial charge in [-0.15, -0.1) is 0 Å². The van der Waals surface area contributed by atoms with Gasteiger partial charge in [0.2, 0.25) is 0 Å². The maximum atomic E-state index is 11.8. The molecule has 0 radical (unpaired) electrons. The molecule has 0 spiro atoms. The highest BCUT2D eigenvalue weighted by Gasteiger charge is 2.35. The van der Waals surface area contributed by atoms with Gasteiger partial charge >= 0.3 is 6.03 Å². The summed E-state index contributed by atoms with van der Waals surface area (Å²) in [5.41, 5.74) is 6.03. The van der Waals surface area contributed by atoms with Crippen LogP contribution in [0.5, 0.6) is 0 Å². The quantitative estimate of drug-likeness (QED) is 0.342. The Morgan fingerprint density at radius 2 is 1.41 bits per heavy atom. The van der Waals surface area contributed by atoms with Crippen LogP contribution in [0.4, 0.5) is 4.79 Å². The molecule has 1 atom stereocenters. The zero-order valence-corrected chi connectivity index (χ0v) is 18.0. The third-order valence-corrected chi connectivity index (χ3v) is 6.94. The van der Waals surface area contributed by atoms with Gasteiger partial charge in [0.25, 0.3) is 0 Å². The fourth-order valence-corrected chi connectivity index (χ4v) is 5.20. The van der Waals surface area contributed by atoms with Crippen molar-refractivity contribution < 1.29 is 9.53 Å². The van der Waals surface area contributed by atoms with Gasteiger partial charge in [-0.3, -0.25) is 0 Å². The van der Waals surface area contributed by atoms with Gasteiger partial charge in [0.15, 0.2) is 0 Å². The number of benzene rings is 5. The number of fused-ring (bicyclic) bond motifs is 7. The SMILES string of the molecule is CC1(c2ccc3ccc4c(ccc5c6ccccc6ccc54)c3c2)CN(C(N)=O)CCO1. The molecule has 0 aliphatic carbocycles. The molecule has 0 bridgehead atoms. The third kappa shape index (κ3) is 2.84. The Morgan fingerprint density at radius 1 is 0.812 bits per heavy atom. The Hall–Kier alpha value is -3.63. The van der Waals surface area contributed by atoms with Gasteiger partial charge in [0.05, 0.1) is 13.2 Å². The van der Waals surface area contributed by atoms with Crippen LogP contribution in [0.3, 0.4) is 0 Å². The molecule has 0 saturated carbocycles. The van der Waals surface area contributed by atoms with Crippen LogP contribution in [0.25, 0.3) is 43.1 Å². The van der Waals surface area contributed by atoms with Crippen molar-refractivity contribution >= 4 is 49.1 Å². The highest BCUT2D eigenvalue weighted by atomic mass is 16.5. The number of nitrogens with zero attached hydrogens (tertiary/aromatic N) is 1. The molecule has 1 saturated heterocycles. The van der Waals surface area contributed by atoms with E-state index in [1.807, 2.05) is 6.92 Å². The van der Waals surface area contributed by atoms with E-state index < -0.39 is 11.6 Å². The van der Waals surface area contributed by atoms with Crippen LogP contribution in [-0.2, 0) is 10.3 Å². The second-order valence-corrected chi connectivity index (χ2v) is 8.88. The van der Waals surface area contributed by atoms with Crippen molar-refractivity contribution in [1.82, 2.24) is 4.90 Å². The van der Waals surface area contributed by atoms with Crippen molar-refractivity contribution in [2.45, 2.75) is 12.5 Å². The van der Waals surface area contributed by atoms with Crippen LogP contribution in [0.1, 0.15) is 12.5 Å². The van der Waals surface area contributed by atoms with Gasteiger partial charge < -0.3 is 15.4 Å². The largest absolute Gasteiger partial charge is 0.367 e. The molecule has 1 unspecified atom stereocenters. The summed E-state index contributed by atoms with van der Waals surface area (Å²) in [7, 11) is 0. The van der Waals surface area contributed by atoms with E-state index in [4.69, 9.17) is 10.5 Å². The fourth-order valence-electron chi connectivity index (χ4n) is 5.20. The number of hydrogen-bond donors (Lipinski definition) is 1. The highest BCUT2D eigenvalue weighted by molar-refractivity contribution is 6.22. The molecule has 4 nitrogen and oxygen atoms in total. The van der Waals surface area contributed by atoms with Gasteiger partial charge in [-0.2, -0.15) is 0 Å². The van der Waals surface area contributed by atoms with Crippen molar-refractivity contribution in [3.05, 3.63) is 84.4 Å². The topological polar surface area (TPSA) is 55.6 Å². The molecule has 158 valence electrons. The third-order valence-electron chi connectivity index (χ3n) is 6.94. The molecule has 1 fully saturated rings. The van der Waals surface area contributed by atoms with Crippen LogP contribution in [0.2, 0.25) is 0 Å². The molecule has 1 heterocycles. The van der Waals surface area contributed by atoms with Gasteiger partial charge in [-0.25, -0.2) is 4.79 Å². The number of carbonyl (C=O) groups excluding carboxylic acids is 1. The van der Waals surface area contributed by atoms with E-state index in [1.165, 1.54) is 43.1 Å². The summed E-state index contributed by atoms with van der Waals surface area (Å²) in [6.45, 7) is 3.50. The summed E-state index contributed by atoms with van der Waals surface area (Å²) >= 11 is 0. The second-order valence-electron chi connectivity index (χ2n) is 8.88. The molecular formula is C28H24N2O2. The van der Waals surface area contributed by atoms with Gasteiger partial charge in [-0.05, 0) is 61.6 Å². The first-order valence-corrected chi connectivity index (χ1v) is 11.0. The molecule has 6 rings (SSSR count). The number of urea groups is 1. The van der Waals surface area contributed by atoms with E-state index in [1.54, 1.807) is 4.90 Å². The number of primary amides is 1. The van der Waals surface area contributed by atoms with E-state index in [-0.39, 0.29) is 0 Å². The van der Waals surface area contributed by atoms with Crippen LogP contribution < -0.4 is 5.73 Å². The first-order chi connectivity index (χ1) is 15.5. The lowest BCUT2D eigenvalue weighted by Crippen LogP contribution is -2.52. The summed E-state index contributed by atoms with van der Waals surface area (Å²) in [5.74, 6) is 0. The smallest absolute Gasteiger partial charge is 0.314 e. The minimum Gasteiger partial charge on any atom is -0.367 e. The number of hydrogen-bond acceptors (Lipinski definition) is 2. The summed E-state index contributed by atoms with van der Waals surface area (Å²) in [6, 6.07) is 27.9. The number of nitrogens with two attached hydrogens (primary N) is 1. The molecule has 5 aromatic rings. The maximum Gasteiger partial charge on any atom is 0.314 e. The summed E-state index contributed by atoms with van der Waals surface area (Å²) in [5, 5.41) is 9.90. The molecular weight excluding hydrogens is 396 g/mol. The molecule has 2 N–H and O–H groups in total. The zero-order valence-electron chi connectivity index (χ0n) is 18.0. The maximum absolute atomic E-state index is 11.8. The lowest BCUT2D eigenvalue weighted by molar-refractivity contribution is -0.0898. The standard InChI is InChI=1S/C28H24N2O2/c1-28(17-30(27(29)31)14-15-32-28)20-9-6-19-8-11-24-23-10-7-18-4-2-3-5-21(18)22(23)12-13-25(24)26(19)16-20/h2-13,16H,14-15,17H2,1H3,(H2,29,31). The van der Waals surface area contributed by atoms with Crippen LogP contribution in [-0.4, -0.2) is 30.6 Å². The van der Waals surface area contributed by atoms with Crippen LogP contribution in [0, 0.1) is 0 Å². The molecule has 4 heteroatoms. The lowest BCUT2D eigenvalue weighted by Gasteiger charge is -2.40. The van der Waals surface area contributed by atoms with Crippen LogP contribution in [0.15, 0.2) is 78.9 Å². The van der Waals surface area contributed by atoms with E-state index in [0.29, 0.717) is 19.7 Å². The lowest BCUT2D eigenvalue weighted by atomic mass is 9.89. The number of morpholine rings is 1. The number of carbonyl (C=O) groups is 1. The molecule has 1 aliphatic heterocycles. The molecule has 1 aliphatic rings. The van der Waals surface area contributed by atoms with Crippen LogP contribution >= 0.6 is 0 Å². The average molecular weight is 421 g/mol. The average Bonchev–Trinajstić information content (AvgIpc) is 2.83. The molecule has 32 heavy (non-hydrogen) atoms. The van der Waals surface area contributed by atoms with Gasteiger partial charge in [0.1, 0.15) is 5.60 Å². The van der Waals surface area contributed by atoms with Gasteiger partial charge in [-0.1, -0.05) is 72.8 Å². The summed E-state index contributed by atoms with van der Waals surface area (Å²) in [6.07, 6.45) is 0. The first-order valence-electron chi connectivity index (χ1n) is 11.0. The predicted octanol–water partition coefficient (Wildman–Crippen LogP) is 5.93. The van der Waals surface area contributed by atoms with Crippen molar-refractivity contribution in [2.75, 3.05) is 19.7 Å². The normalized spacial score (nSPS) is 19.2. The molecule has 5 aromatic carbocycles. The Balaban J connectivity index is 1.57. The second kappa shape index (κ2) is 6.94. The molecule has 2 amide bonds. The van der Waals surface area contributed by atoms with Crippen molar-refractivity contribution in [3.63, 3.8) is 0 Å². The minimum atomic E-state index is -0.587. The van der Waals surface area contributed by atoms with Crippen molar-refractivity contribution in [1.29, 1.82) is 0 Å². The van der Waals surface area contributed by atoms with E-state index >= 15 is 0 Å². The minimum absolute atomic E-state index is 0.399. The highest BCUT2D eigenvalue weighted by Crippen LogP contribution is 2.37. The Labute approximate surface area is 186 Å².